The lowest BCUT2D eigenvalue weighted by Gasteiger charge is -2.45. The number of hydrogen-bond acceptors (Lipinski definition) is 3. The van der Waals surface area contributed by atoms with Crippen LogP contribution in [-0.4, -0.2) is 33.8 Å². The van der Waals surface area contributed by atoms with Crippen molar-refractivity contribution in [3.05, 3.63) is 72.4 Å². The van der Waals surface area contributed by atoms with Gasteiger partial charge in [-0.15, -0.1) is 5.10 Å². The van der Waals surface area contributed by atoms with Gasteiger partial charge in [0.05, 0.1) is 12.1 Å². The Morgan fingerprint density at radius 3 is 2.32 bits per heavy atom. The van der Waals surface area contributed by atoms with Crippen molar-refractivity contribution in [2.75, 3.05) is 13.1 Å². The summed E-state index contributed by atoms with van der Waals surface area (Å²) < 4.78 is 8.27. The summed E-state index contributed by atoms with van der Waals surface area (Å²) in [5.41, 5.74) is 3.39. The summed E-state index contributed by atoms with van der Waals surface area (Å²) in [6.45, 7) is 3.99. The van der Waals surface area contributed by atoms with Crippen LogP contribution in [-0.2, 0) is 13.2 Å². The normalized spacial score (nSPS) is 23.6. The van der Waals surface area contributed by atoms with Crippen molar-refractivity contribution in [3.63, 3.8) is 0 Å². The molecule has 4 heteroatoms. The van der Waals surface area contributed by atoms with E-state index in [1.807, 2.05) is 24.3 Å². The molecule has 4 nitrogen and oxygen atoms in total. The van der Waals surface area contributed by atoms with Crippen LogP contribution in [0.5, 0.6) is 5.88 Å². The van der Waals surface area contributed by atoms with Gasteiger partial charge in [0.25, 0.3) is 0 Å². The molecule has 0 N–H and O–H groups in total. The molecule has 3 aliphatic rings. The Bertz CT molecular complexity index is 898. The van der Waals surface area contributed by atoms with Crippen LogP contribution in [0.15, 0.2) is 66.9 Å². The first-order chi connectivity index (χ1) is 13.8. The van der Waals surface area contributed by atoms with Gasteiger partial charge in [-0.1, -0.05) is 60.7 Å². The van der Waals surface area contributed by atoms with E-state index >= 15 is 0 Å². The second-order valence-corrected chi connectivity index (χ2v) is 8.08. The van der Waals surface area contributed by atoms with E-state index in [2.05, 4.69) is 52.2 Å². The summed E-state index contributed by atoms with van der Waals surface area (Å²) in [6, 6.07) is 21.3. The van der Waals surface area contributed by atoms with Crippen LogP contribution in [0.3, 0.4) is 0 Å². The molecule has 0 spiro atoms. The summed E-state index contributed by atoms with van der Waals surface area (Å²) >= 11 is 0. The fourth-order valence-electron chi connectivity index (χ4n) is 4.64. The minimum atomic E-state index is 0.537. The molecule has 3 fully saturated rings. The number of hydrogen-bond donors (Lipinski definition) is 0. The molecule has 2 aromatic carbocycles. The first-order valence-corrected chi connectivity index (χ1v) is 10.4. The number of ether oxygens (including phenoxy) is 1. The molecule has 6 rings (SSSR count). The maximum absolute atomic E-state index is 6.16. The van der Waals surface area contributed by atoms with E-state index in [0.29, 0.717) is 12.6 Å². The molecule has 3 aromatic rings. The standard InChI is InChI=1S/C24H27N3O/c1-3-7-20(8-4-1)18-28-24-23(21-9-5-2-6-10-21)17-27(25-24)16-22-15-19-11-13-26(22)14-12-19/h1-10,17,19,22H,11-16,18H2. The number of aromatic nitrogens is 2. The highest BCUT2D eigenvalue weighted by Crippen LogP contribution is 2.34. The van der Waals surface area contributed by atoms with Gasteiger partial charge in [-0.2, -0.15) is 0 Å². The summed E-state index contributed by atoms with van der Waals surface area (Å²) in [6.07, 6.45) is 6.21. The average Bonchev–Trinajstić information content (AvgIpc) is 3.17. The molecular formula is C24H27N3O. The predicted octanol–water partition coefficient (Wildman–Crippen LogP) is 4.61. The average molecular weight is 374 g/mol. The molecule has 0 radical (unpaired) electrons. The molecule has 2 bridgehead atoms. The molecule has 1 aromatic heterocycles. The second-order valence-electron chi connectivity index (χ2n) is 8.08. The number of piperidine rings is 3. The third kappa shape index (κ3) is 3.69. The number of nitrogens with zero attached hydrogens (tertiary/aromatic N) is 3. The summed E-state index contributed by atoms with van der Waals surface area (Å²) in [5, 5.41) is 4.85. The second kappa shape index (κ2) is 7.80. The zero-order chi connectivity index (χ0) is 18.8. The van der Waals surface area contributed by atoms with Crippen molar-refractivity contribution >= 4 is 0 Å². The predicted molar refractivity (Wildman–Crippen MR) is 111 cm³/mol. The Kier molecular flexibility index (Phi) is 4.88. The number of benzene rings is 2. The van der Waals surface area contributed by atoms with Gasteiger partial charge in [-0.3, -0.25) is 9.58 Å². The molecule has 0 saturated carbocycles. The largest absolute Gasteiger partial charge is 0.471 e. The van der Waals surface area contributed by atoms with E-state index in [4.69, 9.17) is 9.84 Å². The van der Waals surface area contributed by atoms with E-state index < -0.39 is 0 Å². The van der Waals surface area contributed by atoms with Gasteiger partial charge in [-0.05, 0) is 49.4 Å². The van der Waals surface area contributed by atoms with Gasteiger partial charge in [0.15, 0.2) is 0 Å². The fraction of sp³-hybridized carbons (Fsp3) is 0.375. The van der Waals surface area contributed by atoms with Gasteiger partial charge < -0.3 is 4.74 Å². The topological polar surface area (TPSA) is 30.3 Å². The molecule has 0 amide bonds. The minimum Gasteiger partial charge on any atom is -0.471 e. The number of rotatable bonds is 6. The summed E-state index contributed by atoms with van der Waals surface area (Å²) in [4.78, 5) is 2.65. The molecule has 0 aliphatic carbocycles. The van der Waals surface area contributed by atoms with E-state index in [1.54, 1.807) is 0 Å². The van der Waals surface area contributed by atoms with Crippen LogP contribution >= 0.6 is 0 Å². The Morgan fingerprint density at radius 1 is 0.929 bits per heavy atom. The van der Waals surface area contributed by atoms with Crippen LogP contribution < -0.4 is 4.74 Å². The Morgan fingerprint density at radius 2 is 1.64 bits per heavy atom. The Balaban J connectivity index is 1.38. The van der Waals surface area contributed by atoms with Crippen LogP contribution in [0, 0.1) is 5.92 Å². The van der Waals surface area contributed by atoms with E-state index in [-0.39, 0.29) is 0 Å². The third-order valence-electron chi connectivity index (χ3n) is 6.20. The van der Waals surface area contributed by atoms with E-state index in [9.17, 15) is 0 Å². The van der Waals surface area contributed by atoms with E-state index in [1.165, 1.54) is 32.4 Å². The van der Waals surface area contributed by atoms with Gasteiger partial charge in [0.1, 0.15) is 6.61 Å². The monoisotopic (exact) mass is 373 g/mol. The van der Waals surface area contributed by atoms with Crippen LogP contribution in [0.1, 0.15) is 24.8 Å². The lowest BCUT2D eigenvalue weighted by molar-refractivity contribution is 0.0386. The smallest absolute Gasteiger partial charge is 0.241 e. The van der Waals surface area contributed by atoms with Crippen molar-refractivity contribution in [3.8, 4) is 17.0 Å². The van der Waals surface area contributed by atoms with Gasteiger partial charge in [0.2, 0.25) is 5.88 Å². The van der Waals surface area contributed by atoms with Gasteiger partial charge >= 0.3 is 0 Å². The summed E-state index contributed by atoms with van der Waals surface area (Å²) in [7, 11) is 0. The lowest BCUT2D eigenvalue weighted by Crippen LogP contribution is -2.50. The quantitative estimate of drug-likeness (QED) is 0.632. The zero-order valence-electron chi connectivity index (χ0n) is 16.2. The Labute approximate surface area is 166 Å². The van der Waals surface area contributed by atoms with Crippen LogP contribution in [0.4, 0.5) is 0 Å². The molecule has 4 heterocycles. The molecule has 3 aliphatic heterocycles. The molecule has 3 saturated heterocycles. The molecule has 28 heavy (non-hydrogen) atoms. The molecular weight excluding hydrogens is 346 g/mol. The highest BCUT2D eigenvalue weighted by molar-refractivity contribution is 5.67. The summed E-state index contributed by atoms with van der Waals surface area (Å²) in [5.74, 6) is 1.64. The number of fused-ring (bicyclic) bond motifs is 3. The Hall–Kier alpha value is -2.59. The zero-order valence-corrected chi connectivity index (χ0v) is 16.2. The highest BCUT2D eigenvalue weighted by Gasteiger charge is 2.33. The van der Waals surface area contributed by atoms with Gasteiger partial charge in [-0.25, -0.2) is 0 Å². The van der Waals surface area contributed by atoms with Crippen LogP contribution in [0.25, 0.3) is 11.1 Å². The van der Waals surface area contributed by atoms with Crippen molar-refractivity contribution in [1.82, 2.24) is 14.7 Å². The van der Waals surface area contributed by atoms with Gasteiger partial charge in [0, 0.05) is 12.2 Å². The fourth-order valence-corrected chi connectivity index (χ4v) is 4.64. The van der Waals surface area contributed by atoms with Crippen molar-refractivity contribution in [1.29, 1.82) is 0 Å². The minimum absolute atomic E-state index is 0.537. The first kappa shape index (κ1) is 17.5. The van der Waals surface area contributed by atoms with Crippen molar-refractivity contribution in [2.45, 2.75) is 38.5 Å². The maximum Gasteiger partial charge on any atom is 0.241 e. The SMILES string of the molecule is c1ccc(COc2nn(CC3CC4CCN3CC4)cc2-c2ccccc2)cc1. The first-order valence-electron chi connectivity index (χ1n) is 10.4. The highest BCUT2D eigenvalue weighted by atomic mass is 16.5. The molecule has 1 atom stereocenters. The molecule has 1 unspecified atom stereocenters. The molecule has 144 valence electrons. The van der Waals surface area contributed by atoms with Crippen molar-refractivity contribution < 1.29 is 4.74 Å². The van der Waals surface area contributed by atoms with E-state index in [0.717, 1.165) is 35.0 Å². The lowest BCUT2D eigenvalue weighted by atomic mass is 9.83. The van der Waals surface area contributed by atoms with Crippen LogP contribution in [0.2, 0.25) is 0 Å². The maximum atomic E-state index is 6.16. The van der Waals surface area contributed by atoms with Crippen molar-refractivity contribution in [2.24, 2.45) is 5.92 Å². The third-order valence-corrected chi connectivity index (χ3v) is 6.20.